The number of hydrogen-bond donors (Lipinski definition) is 2. The Morgan fingerprint density at radius 3 is 2.96 bits per heavy atom. The lowest BCUT2D eigenvalue weighted by Gasteiger charge is -2.08. The van der Waals surface area contributed by atoms with Crippen LogP contribution in [0.25, 0.3) is 17.4 Å². The van der Waals surface area contributed by atoms with Crippen molar-refractivity contribution in [3.8, 4) is 17.4 Å². The second-order valence-corrected chi connectivity index (χ2v) is 6.35. The van der Waals surface area contributed by atoms with Gasteiger partial charge in [-0.25, -0.2) is 4.98 Å². The highest BCUT2D eigenvalue weighted by molar-refractivity contribution is 9.09. The van der Waals surface area contributed by atoms with Crippen LogP contribution in [0.2, 0.25) is 0 Å². The highest BCUT2D eigenvalue weighted by atomic mass is 79.9. The molecule has 3 aromatic rings. The van der Waals surface area contributed by atoms with E-state index in [2.05, 4.69) is 36.3 Å². The Bertz CT molecular complexity index is 946. The monoisotopic (exact) mass is 419 g/mol. The zero-order valence-corrected chi connectivity index (χ0v) is 15.7. The van der Waals surface area contributed by atoms with E-state index >= 15 is 0 Å². The maximum atomic E-state index is 12.2. The molecule has 0 atom stereocenters. The molecule has 0 aromatic carbocycles. The van der Waals surface area contributed by atoms with Crippen LogP contribution in [0.1, 0.15) is 25.5 Å². The first-order valence-electron chi connectivity index (χ1n) is 8.21. The second kappa shape index (κ2) is 8.13. The van der Waals surface area contributed by atoms with Gasteiger partial charge in [0.15, 0.2) is 5.76 Å². The van der Waals surface area contributed by atoms with Crippen molar-refractivity contribution in [2.45, 2.75) is 26.2 Å². The van der Waals surface area contributed by atoms with Crippen LogP contribution in [0.5, 0.6) is 0 Å². The number of rotatable bonds is 7. The zero-order valence-electron chi connectivity index (χ0n) is 14.2. The number of nitrogens with zero attached hydrogens (tertiary/aromatic N) is 3. The van der Waals surface area contributed by atoms with Crippen molar-refractivity contribution in [3.05, 3.63) is 46.6 Å². The number of carbonyl (C=O) groups excluding carboxylic acids is 1. The number of H-pyrrole nitrogens is 1. The fourth-order valence-electron chi connectivity index (χ4n) is 2.38. The molecule has 0 bridgehead atoms. The van der Waals surface area contributed by atoms with Gasteiger partial charge in [-0.05, 0) is 25.0 Å². The summed E-state index contributed by atoms with van der Waals surface area (Å²) in [5.41, 5.74) is 0.879. The molecule has 136 valence electrons. The van der Waals surface area contributed by atoms with E-state index in [0.29, 0.717) is 42.2 Å². The van der Waals surface area contributed by atoms with Crippen LogP contribution in [0.3, 0.4) is 0 Å². The minimum Gasteiger partial charge on any atom is -0.463 e. The molecule has 0 radical (unpaired) electrons. The lowest BCUT2D eigenvalue weighted by atomic mass is 10.3. The third-order valence-electron chi connectivity index (χ3n) is 3.63. The predicted octanol–water partition coefficient (Wildman–Crippen LogP) is 2.89. The van der Waals surface area contributed by atoms with Crippen LogP contribution in [-0.2, 0) is 11.2 Å². The first-order chi connectivity index (χ1) is 12.6. The van der Waals surface area contributed by atoms with Gasteiger partial charge in [0.2, 0.25) is 11.9 Å². The molecule has 2 N–H and O–H groups in total. The third-order valence-corrected chi connectivity index (χ3v) is 4.19. The Morgan fingerprint density at radius 1 is 1.42 bits per heavy atom. The highest BCUT2D eigenvalue weighted by Crippen LogP contribution is 2.24. The number of anilines is 1. The van der Waals surface area contributed by atoms with Crippen LogP contribution in [-0.4, -0.2) is 31.0 Å². The van der Waals surface area contributed by atoms with Crippen LogP contribution in [0.4, 0.5) is 5.82 Å². The SMILES string of the molecule is CCc1cc(=O)[nH]c(-n2nc(-c3ccco3)cc2NC(=O)CCCBr)n1. The molecule has 3 heterocycles. The highest BCUT2D eigenvalue weighted by Gasteiger charge is 2.17. The predicted molar refractivity (Wildman–Crippen MR) is 101 cm³/mol. The molecule has 0 aliphatic rings. The van der Waals surface area contributed by atoms with E-state index in [1.165, 1.54) is 10.7 Å². The van der Waals surface area contributed by atoms with Gasteiger partial charge in [-0.1, -0.05) is 22.9 Å². The number of aromatic nitrogens is 4. The Kier molecular flexibility index (Phi) is 5.67. The van der Waals surface area contributed by atoms with E-state index in [1.807, 2.05) is 6.92 Å². The van der Waals surface area contributed by atoms with Gasteiger partial charge in [-0.2, -0.15) is 9.78 Å². The van der Waals surface area contributed by atoms with Crippen molar-refractivity contribution < 1.29 is 9.21 Å². The molecule has 0 saturated heterocycles. The fourth-order valence-corrected chi connectivity index (χ4v) is 2.66. The molecular formula is C17H18BrN5O3. The van der Waals surface area contributed by atoms with Crippen LogP contribution in [0.15, 0.2) is 39.7 Å². The van der Waals surface area contributed by atoms with Gasteiger partial charge >= 0.3 is 0 Å². The largest absolute Gasteiger partial charge is 0.463 e. The third kappa shape index (κ3) is 4.10. The number of halogens is 1. The Balaban J connectivity index is 2.03. The first kappa shape index (κ1) is 18.1. The van der Waals surface area contributed by atoms with Gasteiger partial charge in [0, 0.05) is 29.6 Å². The Hall–Kier alpha value is -2.68. The maximum Gasteiger partial charge on any atom is 0.252 e. The number of alkyl halides is 1. The topological polar surface area (TPSA) is 106 Å². The first-order valence-corrected chi connectivity index (χ1v) is 9.33. The molecule has 0 aliphatic heterocycles. The Labute approximate surface area is 157 Å². The molecule has 26 heavy (non-hydrogen) atoms. The normalized spacial score (nSPS) is 10.8. The molecule has 0 saturated carbocycles. The van der Waals surface area contributed by atoms with Crippen LogP contribution >= 0.6 is 15.9 Å². The van der Waals surface area contributed by atoms with Gasteiger partial charge < -0.3 is 9.73 Å². The smallest absolute Gasteiger partial charge is 0.252 e. The van der Waals surface area contributed by atoms with E-state index in [-0.39, 0.29) is 17.4 Å². The summed E-state index contributed by atoms with van der Waals surface area (Å²) in [7, 11) is 0. The number of aryl methyl sites for hydroxylation is 1. The summed E-state index contributed by atoms with van der Waals surface area (Å²) in [6.45, 7) is 1.91. The summed E-state index contributed by atoms with van der Waals surface area (Å²) in [5, 5.41) is 8.00. The van der Waals surface area contributed by atoms with Gasteiger partial charge in [0.25, 0.3) is 5.56 Å². The van der Waals surface area contributed by atoms with E-state index in [1.54, 1.807) is 24.5 Å². The number of nitrogens with one attached hydrogen (secondary N) is 2. The van der Waals surface area contributed by atoms with E-state index in [0.717, 1.165) is 5.33 Å². The summed E-state index contributed by atoms with van der Waals surface area (Å²) in [6.07, 6.45) is 3.23. The van der Waals surface area contributed by atoms with Crippen molar-refractivity contribution in [3.63, 3.8) is 0 Å². The minimum atomic E-state index is -0.279. The second-order valence-electron chi connectivity index (χ2n) is 5.56. The summed E-state index contributed by atoms with van der Waals surface area (Å²) >= 11 is 3.31. The number of hydrogen-bond acceptors (Lipinski definition) is 5. The summed E-state index contributed by atoms with van der Waals surface area (Å²) in [6, 6.07) is 6.64. The van der Waals surface area contributed by atoms with Crippen LogP contribution < -0.4 is 10.9 Å². The zero-order chi connectivity index (χ0) is 18.5. The van der Waals surface area contributed by atoms with Crippen molar-refractivity contribution in [2.24, 2.45) is 0 Å². The minimum absolute atomic E-state index is 0.148. The van der Waals surface area contributed by atoms with E-state index in [9.17, 15) is 9.59 Å². The molecule has 3 rings (SSSR count). The fraction of sp³-hybridized carbons (Fsp3) is 0.294. The average molecular weight is 420 g/mol. The summed E-state index contributed by atoms with van der Waals surface area (Å²) < 4.78 is 6.78. The van der Waals surface area contributed by atoms with Crippen molar-refractivity contribution in [1.82, 2.24) is 19.7 Å². The molecule has 0 aliphatic carbocycles. The van der Waals surface area contributed by atoms with Crippen LogP contribution in [0, 0.1) is 0 Å². The van der Waals surface area contributed by atoms with Gasteiger partial charge in [0.1, 0.15) is 11.5 Å². The van der Waals surface area contributed by atoms with Crippen molar-refractivity contribution in [2.75, 3.05) is 10.6 Å². The number of aromatic amines is 1. The number of furan rings is 1. The lowest BCUT2D eigenvalue weighted by molar-refractivity contribution is -0.116. The number of amides is 1. The van der Waals surface area contributed by atoms with E-state index < -0.39 is 0 Å². The molecule has 3 aromatic heterocycles. The van der Waals surface area contributed by atoms with Gasteiger partial charge in [-0.15, -0.1) is 0 Å². The summed E-state index contributed by atoms with van der Waals surface area (Å²) in [5.74, 6) is 1.05. The van der Waals surface area contributed by atoms with Gasteiger partial charge in [-0.3, -0.25) is 14.6 Å². The van der Waals surface area contributed by atoms with Gasteiger partial charge in [0.05, 0.1) is 6.26 Å². The maximum absolute atomic E-state index is 12.2. The summed E-state index contributed by atoms with van der Waals surface area (Å²) in [4.78, 5) is 31.1. The number of carbonyl (C=O) groups is 1. The molecule has 9 heteroatoms. The van der Waals surface area contributed by atoms with E-state index in [4.69, 9.17) is 4.42 Å². The van der Waals surface area contributed by atoms with Crippen molar-refractivity contribution in [1.29, 1.82) is 0 Å². The molecular weight excluding hydrogens is 402 g/mol. The lowest BCUT2D eigenvalue weighted by Crippen LogP contribution is -2.19. The van der Waals surface area contributed by atoms with Crippen molar-refractivity contribution >= 4 is 27.7 Å². The molecule has 0 spiro atoms. The molecule has 1 amide bonds. The standard InChI is InChI=1S/C17H18BrN5O3/c1-2-11-9-16(25)21-17(19-11)23-14(20-15(24)6-3-7-18)10-12(22-23)13-5-4-8-26-13/h4-5,8-10H,2-3,6-7H2,1H3,(H,20,24)(H,19,21,25). The Morgan fingerprint density at radius 2 is 2.27 bits per heavy atom. The average Bonchev–Trinajstić information content (AvgIpc) is 3.29. The quantitative estimate of drug-likeness (QED) is 0.572. The molecule has 8 nitrogen and oxygen atoms in total. The molecule has 0 unspecified atom stereocenters. The molecule has 0 fully saturated rings.